The van der Waals surface area contributed by atoms with E-state index < -0.39 is 17.3 Å². The summed E-state index contributed by atoms with van der Waals surface area (Å²) in [5.74, 6) is -1.58. The van der Waals surface area contributed by atoms with Crippen molar-refractivity contribution in [2.75, 3.05) is 36.5 Å². The van der Waals surface area contributed by atoms with Gasteiger partial charge in [0, 0.05) is 42.5 Å². The number of rotatable bonds is 6. The van der Waals surface area contributed by atoms with Crippen molar-refractivity contribution in [2.45, 2.75) is 44.6 Å². The van der Waals surface area contributed by atoms with Gasteiger partial charge < -0.3 is 15.5 Å². The van der Waals surface area contributed by atoms with Crippen molar-refractivity contribution in [2.24, 2.45) is 0 Å². The van der Waals surface area contributed by atoms with Crippen molar-refractivity contribution in [1.29, 1.82) is 0 Å². The van der Waals surface area contributed by atoms with Crippen LogP contribution in [0.15, 0.2) is 52.8 Å². The normalized spacial score (nSPS) is 15.4. The van der Waals surface area contributed by atoms with Crippen LogP contribution in [0.4, 0.5) is 20.3 Å². The van der Waals surface area contributed by atoms with Gasteiger partial charge in [-0.3, -0.25) is 9.78 Å². The van der Waals surface area contributed by atoms with Crippen molar-refractivity contribution in [3.05, 3.63) is 76.5 Å². The highest BCUT2D eigenvalue weighted by Crippen LogP contribution is 2.37. The molecule has 1 aromatic carbocycles. The highest BCUT2D eigenvalue weighted by atomic mass is 32.2. The lowest BCUT2D eigenvalue weighted by Crippen LogP contribution is -2.54. The van der Waals surface area contributed by atoms with Crippen molar-refractivity contribution in [1.82, 2.24) is 24.4 Å². The maximum atomic E-state index is 16.0. The monoisotopic (exact) mass is 605 g/mol. The van der Waals surface area contributed by atoms with Crippen LogP contribution in [0.25, 0.3) is 28.0 Å². The van der Waals surface area contributed by atoms with Crippen LogP contribution in [0.5, 0.6) is 0 Å². The zero-order valence-electron chi connectivity index (χ0n) is 24.7. The quantitative estimate of drug-likeness (QED) is 0.184. The molecule has 1 atom stereocenters. The summed E-state index contributed by atoms with van der Waals surface area (Å²) in [4.78, 5) is 44.0. The molecule has 0 aliphatic carbocycles. The summed E-state index contributed by atoms with van der Waals surface area (Å²) in [6.45, 7) is 12.3. The molecule has 0 bridgehead atoms. The molecular formula is C31H33F2N7O2S. The van der Waals surface area contributed by atoms with E-state index >= 15 is 8.78 Å². The maximum absolute atomic E-state index is 16.0. The van der Waals surface area contributed by atoms with Crippen LogP contribution >= 0.6 is 11.8 Å². The summed E-state index contributed by atoms with van der Waals surface area (Å²) < 4.78 is 32.8. The molecule has 9 nitrogen and oxygen atoms in total. The van der Waals surface area contributed by atoms with Crippen LogP contribution in [0.1, 0.15) is 37.9 Å². The first kappa shape index (κ1) is 30.1. The standard InChI is InChI=1S/C31H33F2N7O2S/c1-7-24(41)38-10-11-39(18(5)15-38)29-20-14-22(33)27(25-21(32)12-19(43-6)13-23(25)34)36-30(20)40(31(42)37-29)28-17(4)8-9-35-26(28)16(2)3/h7-9,12-14,16,18H,1,10-11,15,34H2,2-6H3/t18-/m0/s1. The first-order valence-corrected chi connectivity index (χ1v) is 15.1. The number of nitrogens with zero attached hydrogens (tertiary/aromatic N) is 6. The average molecular weight is 606 g/mol. The van der Waals surface area contributed by atoms with Gasteiger partial charge in [-0.15, -0.1) is 11.8 Å². The molecule has 12 heteroatoms. The number of anilines is 2. The van der Waals surface area contributed by atoms with Gasteiger partial charge in [0.1, 0.15) is 17.3 Å². The van der Waals surface area contributed by atoms with Crippen LogP contribution in [0, 0.1) is 18.6 Å². The Labute approximate surface area is 252 Å². The smallest absolute Gasteiger partial charge is 0.355 e. The van der Waals surface area contributed by atoms with E-state index in [2.05, 4.69) is 21.5 Å². The summed E-state index contributed by atoms with van der Waals surface area (Å²) in [7, 11) is 0. The number of thioether (sulfide) groups is 1. The van der Waals surface area contributed by atoms with Gasteiger partial charge in [0.25, 0.3) is 0 Å². The Morgan fingerprint density at radius 1 is 1.19 bits per heavy atom. The van der Waals surface area contributed by atoms with E-state index in [1.807, 2.05) is 32.6 Å². The van der Waals surface area contributed by atoms with Gasteiger partial charge in [-0.1, -0.05) is 20.4 Å². The highest BCUT2D eigenvalue weighted by molar-refractivity contribution is 7.98. The van der Waals surface area contributed by atoms with Gasteiger partial charge in [-0.2, -0.15) is 4.98 Å². The number of carbonyl (C=O) groups excluding carboxylic acids is 1. The summed E-state index contributed by atoms with van der Waals surface area (Å²) in [5, 5.41) is 0.258. The summed E-state index contributed by atoms with van der Waals surface area (Å²) in [6.07, 6.45) is 4.71. The number of nitrogens with two attached hydrogens (primary N) is 1. The van der Waals surface area contributed by atoms with E-state index in [0.29, 0.717) is 35.9 Å². The topological polar surface area (TPSA) is 110 Å². The van der Waals surface area contributed by atoms with Crippen molar-refractivity contribution in [3.8, 4) is 16.9 Å². The molecule has 224 valence electrons. The Bertz CT molecular complexity index is 1800. The first-order chi connectivity index (χ1) is 20.5. The number of amides is 1. The molecule has 43 heavy (non-hydrogen) atoms. The van der Waals surface area contributed by atoms with Crippen LogP contribution in [-0.4, -0.2) is 62.3 Å². The number of piperazine rings is 1. The number of halogens is 2. The van der Waals surface area contributed by atoms with Crippen LogP contribution < -0.4 is 16.3 Å². The van der Waals surface area contributed by atoms with E-state index in [-0.39, 0.29) is 51.7 Å². The summed E-state index contributed by atoms with van der Waals surface area (Å²) in [6, 6.07) is 5.58. The van der Waals surface area contributed by atoms with Crippen LogP contribution in [0.2, 0.25) is 0 Å². The van der Waals surface area contributed by atoms with E-state index in [1.165, 1.54) is 34.5 Å². The molecule has 4 heterocycles. The molecule has 5 rings (SSSR count). The third-order valence-corrected chi connectivity index (χ3v) is 8.39. The van der Waals surface area contributed by atoms with Crippen LogP contribution in [-0.2, 0) is 4.79 Å². The lowest BCUT2D eigenvalue weighted by molar-refractivity contribution is -0.126. The molecule has 1 amide bonds. The largest absolute Gasteiger partial charge is 0.398 e. The first-order valence-electron chi connectivity index (χ1n) is 13.9. The molecule has 0 saturated carbocycles. The average Bonchev–Trinajstić information content (AvgIpc) is 2.96. The molecule has 2 N–H and O–H groups in total. The van der Waals surface area contributed by atoms with E-state index in [4.69, 9.17) is 5.73 Å². The summed E-state index contributed by atoms with van der Waals surface area (Å²) >= 11 is 1.31. The summed E-state index contributed by atoms with van der Waals surface area (Å²) in [5.41, 5.74) is 7.04. The Morgan fingerprint density at radius 3 is 2.56 bits per heavy atom. The number of benzene rings is 1. The second kappa shape index (κ2) is 11.8. The molecule has 4 aromatic rings. The van der Waals surface area contributed by atoms with Crippen molar-refractivity contribution < 1.29 is 13.6 Å². The highest BCUT2D eigenvalue weighted by Gasteiger charge is 2.31. The number of carbonyl (C=O) groups is 1. The minimum Gasteiger partial charge on any atom is -0.398 e. The fraction of sp³-hybridized carbons (Fsp3) is 0.323. The van der Waals surface area contributed by atoms with Crippen molar-refractivity contribution in [3.63, 3.8) is 0 Å². The fourth-order valence-electron chi connectivity index (χ4n) is 5.56. The zero-order valence-corrected chi connectivity index (χ0v) is 25.5. The van der Waals surface area contributed by atoms with Gasteiger partial charge in [0.05, 0.1) is 22.3 Å². The molecule has 1 saturated heterocycles. The Hall–Kier alpha value is -4.32. The molecule has 1 aliphatic rings. The Kier molecular flexibility index (Phi) is 8.24. The molecule has 0 unspecified atom stereocenters. The number of aryl methyl sites for hydroxylation is 1. The maximum Gasteiger partial charge on any atom is 0.355 e. The Morgan fingerprint density at radius 2 is 1.93 bits per heavy atom. The number of pyridine rings is 2. The molecule has 0 radical (unpaired) electrons. The second-order valence-electron chi connectivity index (χ2n) is 10.9. The minimum atomic E-state index is -0.816. The number of aromatic nitrogens is 4. The fourth-order valence-corrected chi connectivity index (χ4v) is 6.02. The van der Waals surface area contributed by atoms with Crippen LogP contribution in [0.3, 0.4) is 0 Å². The van der Waals surface area contributed by atoms with E-state index in [9.17, 15) is 9.59 Å². The number of fused-ring (bicyclic) bond motifs is 1. The predicted octanol–water partition coefficient (Wildman–Crippen LogP) is 5.08. The van der Waals surface area contributed by atoms with E-state index in [0.717, 1.165) is 5.56 Å². The molecule has 3 aromatic heterocycles. The Balaban J connectivity index is 1.83. The number of hydrogen-bond donors (Lipinski definition) is 1. The van der Waals surface area contributed by atoms with Crippen molar-refractivity contribution >= 4 is 40.2 Å². The van der Waals surface area contributed by atoms with E-state index in [1.54, 1.807) is 29.5 Å². The number of nitrogen functional groups attached to an aromatic ring is 1. The molecular weight excluding hydrogens is 572 g/mol. The number of hydrogen-bond acceptors (Lipinski definition) is 8. The van der Waals surface area contributed by atoms with Gasteiger partial charge >= 0.3 is 5.69 Å². The lowest BCUT2D eigenvalue weighted by atomic mass is 10.0. The van der Waals surface area contributed by atoms with Gasteiger partial charge in [0.2, 0.25) is 5.91 Å². The third-order valence-electron chi connectivity index (χ3n) is 7.68. The molecule has 1 fully saturated rings. The molecule has 1 aliphatic heterocycles. The molecule has 0 spiro atoms. The zero-order chi connectivity index (χ0) is 31.2. The van der Waals surface area contributed by atoms with Gasteiger partial charge in [0.15, 0.2) is 11.5 Å². The third kappa shape index (κ3) is 5.35. The van der Waals surface area contributed by atoms with Gasteiger partial charge in [-0.05, 0) is 61.9 Å². The minimum absolute atomic E-state index is 0.0235. The predicted molar refractivity (Wildman–Crippen MR) is 167 cm³/mol. The SMILES string of the molecule is C=CC(=O)N1CCN(c2nc(=O)n(-c3c(C)ccnc3C(C)C)c3nc(-c4c(N)cc(SC)cc4F)c(F)cc23)[C@@H](C)C1. The van der Waals surface area contributed by atoms with Gasteiger partial charge in [-0.25, -0.2) is 23.1 Å². The second-order valence-corrected chi connectivity index (χ2v) is 11.7. The lowest BCUT2D eigenvalue weighted by Gasteiger charge is -2.40.